The minimum Gasteiger partial charge on any atom is -0.481 e. The van der Waals surface area contributed by atoms with Crippen LogP contribution in [0.2, 0.25) is 0 Å². The van der Waals surface area contributed by atoms with Crippen molar-refractivity contribution in [2.24, 2.45) is 5.92 Å². The molecule has 2 saturated heterocycles. The largest absolute Gasteiger partial charge is 0.481 e. The lowest BCUT2D eigenvalue weighted by Gasteiger charge is -2.33. The Hall–Kier alpha value is -3.07. The van der Waals surface area contributed by atoms with Crippen LogP contribution in [0.25, 0.3) is 10.4 Å². The fourth-order valence-corrected chi connectivity index (χ4v) is 5.51. The van der Waals surface area contributed by atoms with Gasteiger partial charge in [0.1, 0.15) is 12.6 Å². The number of β-amino-alcohol motifs (C(OH)–C–C–N with tert-alkyl or cyclic N) is 1. The van der Waals surface area contributed by atoms with Crippen LogP contribution in [-0.4, -0.2) is 133 Å². The maximum Gasteiger partial charge on any atom is 0.303 e. The van der Waals surface area contributed by atoms with Crippen molar-refractivity contribution in [1.29, 1.82) is 0 Å². The third kappa shape index (κ3) is 22.3. The van der Waals surface area contributed by atoms with Crippen molar-refractivity contribution in [3.8, 4) is 10.4 Å². The van der Waals surface area contributed by atoms with Crippen molar-refractivity contribution in [3.63, 3.8) is 0 Å². The number of likely N-dealkylation sites (N-methyl/N-ethyl adjacent to an activating group) is 2. The second kappa shape index (κ2) is 27.7. The number of aliphatic hydroxyl groups excluding tert-OH is 1. The first kappa shape index (κ1) is 45.9. The Bertz CT molecular complexity index is 1140. The summed E-state index contributed by atoms with van der Waals surface area (Å²) in [5.41, 5.74) is 5.19. The van der Waals surface area contributed by atoms with E-state index in [9.17, 15) is 19.2 Å². The first-order valence-electron chi connectivity index (χ1n) is 17.1. The molecule has 0 bridgehead atoms. The van der Waals surface area contributed by atoms with Crippen LogP contribution < -0.4 is 10.6 Å². The molecule has 0 radical (unpaired) electrons. The van der Waals surface area contributed by atoms with E-state index in [4.69, 9.17) is 10.2 Å². The summed E-state index contributed by atoms with van der Waals surface area (Å²) >= 11 is 1.64. The number of thiazole rings is 1. The molecular formula is C36H62N6O6S. The lowest BCUT2D eigenvalue weighted by Crippen LogP contribution is -2.47. The van der Waals surface area contributed by atoms with Gasteiger partial charge in [-0.3, -0.25) is 14.5 Å². The minimum atomic E-state index is -0.727. The van der Waals surface area contributed by atoms with Crippen LogP contribution >= 0.6 is 11.3 Å². The first-order chi connectivity index (χ1) is 23.3. The number of carbonyl (C=O) groups is 4. The number of nitrogens with zero attached hydrogens (tertiary/aromatic N) is 4. The average molecular weight is 707 g/mol. The number of carboxylic acids is 1. The fraction of sp³-hybridized carbons (Fsp3) is 0.639. The third-order valence-electron chi connectivity index (χ3n) is 7.55. The van der Waals surface area contributed by atoms with Gasteiger partial charge in [-0.25, -0.2) is 4.98 Å². The van der Waals surface area contributed by atoms with E-state index in [1.165, 1.54) is 10.4 Å². The molecule has 3 heterocycles. The second-order valence-corrected chi connectivity index (χ2v) is 13.7. The highest BCUT2D eigenvalue weighted by Crippen LogP contribution is 2.28. The topological polar surface area (TPSA) is 155 Å². The molecule has 3 atom stereocenters. The molecule has 1 amide bonds. The third-order valence-corrected chi connectivity index (χ3v) is 8.53. The Morgan fingerprint density at radius 3 is 2.00 bits per heavy atom. The average Bonchev–Trinajstić information content (AvgIpc) is 3.61. The van der Waals surface area contributed by atoms with E-state index in [0.717, 1.165) is 81.8 Å². The number of carboxylic acid groups (broad SMARTS) is 1. The van der Waals surface area contributed by atoms with Gasteiger partial charge in [0.2, 0.25) is 6.41 Å². The number of nitrogens with one attached hydrogen (secondary N) is 2. The van der Waals surface area contributed by atoms with Gasteiger partial charge in [-0.05, 0) is 71.3 Å². The molecule has 49 heavy (non-hydrogen) atoms. The lowest BCUT2D eigenvalue weighted by atomic mass is 10.1. The summed E-state index contributed by atoms with van der Waals surface area (Å²) in [6, 6.07) is 8.83. The fourth-order valence-electron chi connectivity index (χ4n) is 4.70. The summed E-state index contributed by atoms with van der Waals surface area (Å²) in [6.45, 7) is 19.0. The molecule has 0 saturated carbocycles. The molecule has 2 fully saturated rings. The number of hydrogen-bond donors (Lipinski definition) is 4. The molecule has 4 N–H and O–H groups in total. The van der Waals surface area contributed by atoms with Crippen LogP contribution in [0, 0.1) is 12.8 Å². The summed E-state index contributed by atoms with van der Waals surface area (Å²) in [5, 5.41) is 22.9. The summed E-state index contributed by atoms with van der Waals surface area (Å²) in [6.07, 6.45) is 4.30. The minimum absolute atomic E-state index is 0.0455. The van der Waals surface area contributed by atoms with Crippen LogP contribution in [0.3, 0.4) is 0 Å². The maximum atomic E-state index is 10.4. The number of benzene rings is 1. The Morgan fingerprint density at radius 2 is 1.63 bits per heavy atom. The molecule has 2 unspecified atom stereocenters. The van der Waals surface area contributed by atoms with E-state index in [1.54, 1.807) is 18.4 Å². The molecule has 0 aliphatic carbocycles. The molecule has 1 aromatic carbocycles. The quantitative estimate of drug-likeness (QED) is 0.239. The monoisotopic (exact) mass is 706 g/mol. The highest BCUT2D eigenvalue weighted by molar-refractivity contribution is 7.13. The summed E-state index contributed by atoms with van der Waals surface area (Å²) in [5.74, 6) is 0.106. The Morgan fingerprint density at radius 1 is 1.04 bits per heavy atom. The van der Waals surface area contributed by atoms with Gasteiger partial charge < -0.3 is 40.2 Å². The van der Waals surface area contributed by atoms with Crippen molar-refractivity contribution in [2.45, 2.75) is 79.0 Å². The molecule has 2 aliphatic heterocycles. The molecule has 13 heteroatoms. The number of rotatable bonds is 12. The number of aromatic nitrogens is 1. The van der Waals surface area contributed by atoms with Gasteiger partial charge in [-0.1, -0.05) is 45.0 Å². The zero-order chi connectivity index (χ0) is 37.2. The predicted octanol–water partition coefficient (Wildman–Crippen LogP) is 3.73. The van der Waals surface area contributed by atoms with Crippen molar-refractivity contribution in [2.75, 3.05) is 66.5 Å². The van der Waals surface area contributed by atoms with Gasteiger partial charge in [-0.15, -0.1) is 11.3 Å². The highest BCUT2D eigenvalue weighted by Gasteiger charge is 2.23. The molecular weight excluding hydrogens is 644 g/mol. The summed E-state index contributed by atoms with van der Waals surface area (Å²) in [4.78, 5) is 52.3. The number of aliphatic carboxylic acids is 1. The molecule has 2 aliphatic rings. The van der Waals surface area contributed by atoms with E-state index in [2.05, 4.69) is 70.1 Å². The van der Waals surface area contributed by atoms with Gasteiger partial charge in [-0.2, -0.15) is 0 Å². The molecule has 12 nitrogen and oxygen atoms in total. The van der Waals surface area contributed by atoms with Gasteiger partial charge in [0.05, 0.1) is 41.3 Å². The number of hydrogen-bond acceptors (Lipinski definition) is 11. The van der Waals surface area contributed by atoms with Crippen LogP contribution in [-0.2, 0) is 19.2 Å². The zero-order valence-electron chi connectivity index (χ0n) is 30.9. The number of aliphatic hydroxyl groups is 1. The summed E-state index contributed by atoms with van der Waals surface area (Å²) in [7, 11) is 3.77. The van der Waals surface area contributed by atoms with Crippen LogP contribution in [0.15, 0.2) is 29.8 Å². The molecule has 0 spiro atoms. The van der Waals surface area contributed by atoms with Gasteiger partial charge >= 0.3 is 5.97 Å². The number of likely N-dealkylation sites (tertiary alicyclic amines) is 1. The van der Waals surface area contributed by atoms with E-state index in [-0.39, 0.29) is 18.6 Å². The van der Waals surface area contributed by atoms with Gasteiger partial charge in [0, 0.05) is 45.2 Å². The van der Waals surface area contributed by atoms with Gasteiger partial charge in [0.15, 0.2) is 0 Å². The molecule has 1 aromatic heterocycles. The van der Waals surface area contributed by atoms with E-state index >= 15 is 0 Å². The van der Waals surface area contributed by atoms with E-state index in [1.807, 2.05) is 38.5 Å². The Kier molecular flexibility index (Phi) is 26.0. The molecule has 4 rings (SSSR count). The number of aryl methyl sites for hydroxylation is 1. The smallest absolute Gasteiger partial charge is 0.303 e. The molecule has 2 aromatic rings. The lowest BCUT2D eigenvalue weighted by molar-refractivity contribution is -0.137. The normalized spacial score (nSPS) is 18.2. The SMILES string of the molecule is CC(C)C.CNCC=O.C[C@@H]1CC(O)CN1C.Cc1ncsc1-c1ccc(C(C)NC=O)cc1.O=CCN1CCN(CCCC(=O)O)CC1. The molecule has 278 valence electrons. The standard InChI is InChI=1S/C13H14N2OS.C10H18N2O3.C6H13NO.C4H10.C3H7NO/c1-9(14-7-16)11-3-5-12(6-4-11)13-10(2)15-8-17-13;13-9-8-12-6-4-11(5-7-12)3-1-2-10(14)15;1-5-3-6(8)4-7(5)2;1-4(2)3;1-4-2-3-5/h3-9H,1-2H3,(H,14,16);9H,1-8H2,(H,14,15);5-6,8H,3-4H2,1-2H3;4H,1-3H3;3-4H,2H2,1H3/t;;5-,6?;;/m..1../s1. The van der Waals surface area contributed by atoms with Crippen molar-refractivity contribution < 1.29 is 29.4 Å². The van der Waals surface area contributed by atoms with Crippen molar-refractivity contribution in [1.82, 2.24) is 30.3 Å². The zero-order valence-corrected chi connectivity index (χ0v) is 31.7. The maximum absolute atomic E-state index is 10.4. The number of aldehydes is 2. The Balaban J connectivity index is 0.000000651. The van der Waals surface area contributed by atoms with Crippen LogP contribution in [0.1, 0.15) is 71.2 Å². The van der Waals surface area contributed by atoms with Crippen LogP contribution in [0.4, 0.5) is 0 Å². The summed E-state index contributed by atoms with van der Waals surface area (Å²) < 4.78 is 0. The number of piperazine rings is 1. The van der Waals surface area contributed by atoms with Crippen molar-refractivity contribution >= 4 is 36.3 Å². The van der Waals surface area contributed by atoms with E-state index in [0.29, 0.717) is 25.6 Å². The first-order valence-corrected chi connectivity index (χ1v) is 17.9. The van der Waals surface area contributed by atoms with Gasteiger partial charge in [0.25, 0.3) is 0 Å². The van der Waals surface area contributed by atoms with Crippen molar-refractivity contribution in [3.05, 3.63) is 41.0 Å². The Labute approximate surface area is 298 Å². The number of amides is 1. The highest BCUT2D eigenvalue weighted by atomic mass is 32.1. The second-order valence-electron chi connectivity index (χ2n) is 12.8. The number of carbonyl (C=O) groups excluding carboxylic acids is 3. The predicted molar refractivity (Wildman–Crippen MR) is 199 cm³/mol. The van der Waals surface area contributed by atoms with Crippen LogP contribution in [0.5, 0.6) is 0 Å². The van der Waals surface area contributed by atoms with E-state index < -0.39 is 5.97 Å².